The zero-order valence-corrected chi connectivity index (χ0v) is 12.0. The molecule has 0 fully saturated rings. The summed E-state index contributed by atoms with van der Waals surface area (Å²) in [5.74, 6) is -2.71. The third-order valence-electron chi connectivity index (χ3n) is 3.41. The number of carbonyl (C=O) groups is 1. The van der Waals surface area contributed by atoms with Crippen LogP contribution in [0.3, 0.4) is 0 Å². The van der Waals surface area contributed by atoms with Gasteiger partial charge in [0.05, 0.1) is 11.4 Å². The molecule has 1 aromatic heterocycles. The van der Waals surface area contributed by atoms with Crippen molar-refractivity contribution >= 4 is 5.97 Å². The molecule has 0 radical (unpaired) electrons. The minimum Gasteiger partial charge on any atom is -0.481 e. The highest BCUT2D eigenvalue weighted by Crippen LogP contribution is 2.23. The van der Waals surface area contributed by atoms with Crippen molar-refractivity contribution in [3.63, 3.8) is 0 Å². The van der Waals surface area contributed by atoms with Crippen LogP contribution in [0, 0.1) is 12.7 Å². The number of carboxylic acid groups (broad SMARTS) is 1. The van der Waals surface area contributed by atoms with E-state index in [-0.39, 0.29) is 17.8 Å². The standard InChI is InChI=1S/C16H17FN2O2/c1-3-13-14(17)15(19-9-18-13)12(16(20)21)8-11-6-4-10(2)5-7-11/h4-7,9,12H,3,8H2,1-2H3,(H,20,21). The van der Waals surface area contributed by atoms with Gasteiger partial charge in [0.1, 0.15) is 12.2 Å². The van der Waals surface area contributed by atoms with Gasteiger partial charge in [-0.1, -0.05) is 36.8 Å². The Hall–Kier alpha value is -2.30. The van der Waals surface area contributed by atoms with Gasteiger partial charge in [0.25, 0.3) is 0 Å². The van der Waals surface area contributed by atoms with E-state index in [9.17, 15) is 14.3 Å². The Morgan fingerprint density at radius 1 is 1.29 bits per heavy atom. The molecule has 0 aliphatic heterocycles. The third kappa shape index (κ3) is 3.42. The third-order valence-corrected chi connectivity index (χ3v) is 3.41. The lowest BCUT2D eigenvalue weighted by Gasteiger charge is -2.14. The number of halogens is 1. The molecule has 21 heavy (non-hydrogen) atoms. The second kappa shape index (κ2) is 6.43. The monoisotopic (exact) mass is 288 g/mol. The predicted molar refractivity (Wildman–Crippen MR) is 76.6 cm³/mol. The molecular weight excluding hydrogens is 271 g/mol. The lowest BCUT2D eigenvalue weighted by atomic mass is 9.94. The van der Waals surface area contributed by atoms with E-state index in [0.717, 1.165) is 11.1 Å². The maximum Gasteiger partial charge on any atom is 0.313 e. The molecule has 0 aliphatic rings. The number of rotatable bonds is 5. The maximum atomic E-state index is 14.3. The molecule has 1 unspecified atom stereocenters. The maximum absolute atomic E-state index is 14.3. The van der Waals surface area contributed by atoms with Crippen molar-refractivity contribution in [3.8, 4) is 0 Å². The van der Waals surface area contributed by atoms with Crippen LogP contribution in [0.1, 0.15) is 35.4 Å². The molecule has 2 rings (SSSR count). The molecule has 0 aliphatic carbocycles. The Kier molecular flexibility index (Phi) is 4.62. The summed E-state index contributed by atoms with van der Waals surface area (Å²) in [6.07, 6.45) is 1.83. The Labute approximate surface area is 122 Å². The number of hydrogen-bond acceptors (Lipinski definition) is 3. The van der Waals surface area contributed by atoms with Crippen molar-refractivity contribution in [1.29, 1.82) is 0 Å². The highest BCUT2D eigenvalue weighted by atomic mass is 19.1. The van der Waals surface area contributed by atoms with Gasteiger partial charge in [-0.3, -0.25) is 4.79 Å². The number of aryl methyl sites for hydroxylation is 2. The van der Waals surface area contributed by atoms with Crippen molar-refractivity contribution in [2.75, 3.05) is 0 Å². The van der Waals surface area contributed by atoms with Crippen LogP contribution in [0.5, 0.6) is 0 Å². The SMILES string of the molecule is CCc1ncnc(C(Cc2ccc(C)cc2)C(=O)O)c1F. The molecule has 0 saturated carbocycles. The van der Waals surface area contributed by atoms with Crippen LogP contribution in [0.25, 0.3) is 0 Å². The Morgan fingerprint density at radius 3 is 2.52 bits per heavy atom. The van der Waals surface area contributed by atoms with Gasteiger partial charge in [-0.2, -0.15) is 0 Å². The van der Waals surface area contributed by atoms with E-state index >= 15 is 0 Å². The van der Waals surface area contributed by atoms with Crippen molar-refractivity contribution in [2.45, 2.75) is 32.6 Å². The minimum absolute atomic E-state index is 0.0464. The van der Waals surface area contributed by atoms with Crippen LogP contribution in [-0.2, 0) is 17.6 Å². The predicted octanol–water partition coefficient (Wildman–Crippen LogP) is 2.90. The second-order valence-electron chi connectivity index (χ2n) is 4.95. The first-order valence-corrected chi connectivity index (χ1v) is 6.80. The first-order valence-electron chi connectivity index (χ1n) is 6.80. The van der Waals surface area contributed by atoms with Crippen molar-refractivity contribution in [3.05, 3.63) is 58.9 Å². The Bertz CT molecular complexity index is 641. The first-order chi connectivity index (χ1) is 10.0. The van der Waals surface area contributed by atoms with Crippen molar-refractivity contribution in [1.82, 2.24) is 9.97 Å². The van der Waals surface area contributed by atoms with E-state index in [0.29, 0.717) is 6.42 Å². The van der Waals surface area contributed by atoms with E-state index in [1.807, 2.05) is 31.2 Å². The lowest BCUT2D eigenvalue weighted by Crippen LogP contribution is -2.19. The molecule has 0 amide bonds. The summed E-state index contributed by atoms with van der Waals surface area (Å²) in [4.78, 5) is 19.2. The zero-order chi connectivity index (χ0) is 15.4. The molecule has 0 saturated heterocycles. The van der Waals surface area contributed by atoms with E-state index in [2.05, 4.69) is 9.97 Å². The van der Waals surface area contributed by atoms with E-state index in [1.165, 1.54) is 6.33 Å². The summed E-state index contributed by atoms with van der Waals surface area (Å²) in [5, 5.41) is 9.40. The van der Waals surface area contributed by atoms with E-state index < -0.39 is 17.7 Å². The molecule has 1 atom stereocenters. The van der Waals surface area contributed by atoms with Gasteiger partial charge in [0.15, 0.2) is 5.82 Å². The fraction of sp³-hybridized carbons (Fsp3) is 0.312. The topological polar surface area (TPSA) is 63.1 Å². The number of carboxylic acids is 1. The van der Waals surface area contributed by atoms with E-state index in [1.54, 1.807) is 6.92 Å². The molecule has 4 nitrogen and oxygen atoms in total. The molecule has 2 aromatic rings. The van der Waals surface area contributed by atoms with Crippen molar-refractivity contribution < 1.29 is 14.3 Å². The highest BCUT2D eigenvalue weighted by molar-refractivity contribution is 5.76. The molecule has 5 heteroatoms. The molecular formula is C16H17FN2O2. The average molecular weight is 288 g/mol. The van der Waals surface area contributed by atoms with Crippen LogP contribution >= 0.6 is 0 Å². The van der Waals surface area contributed by atoms with Crippen LogP contribution < -0.4 is 0 Å². The van der Waals surface area contributed by atoms with Gasteiger partial charge >= 0.3 is 5.97 Å². The summed E-state index contributed by atoms with van der Waals surface area (Å²) in [7, 11) is 0. The van der Waals surface area contributed by atoms with Crippen LogP contribution in [-0.4, -0.2) is 21.0 Å². The number of hydrogen-bond donors (Lipinski definition) is 1. The number of aromatic nitrogens is 2. The molecule has 0 spiro atoms. The van der Waals surface area contributed by atoms with Crippen LogP contribution in [0.15, 0.2) is 30.6 Å². The van der Waals surface area contributed by atoms with Gasteiger partial charge in [0.2, 0.25) is 0 Å². The number of nitrogens with zero attached hydrogens (tertiary/aromatic N) is 2. The molecule has 1 N–H and O–H groups in total. The highest BCUT2D eigenvalue weighted by Gasteiger charge is 2.26. The summed E-state index contributed by atoms with van der Waals surface area (Å²) in [6, 6.07) is 7.51. The van der Waals surface area contributed by atoms with Crippen LogP contribution in [0.4, 0.5) is 4.39 Å². The largest absolute Gasteiger partial charge is 0.481 e. The molecule has 0 bridgehead atoms. The van der Waals surface area contributed by atoms with Gasteiger partial charge in [-0.15, -0.1) is 0 Å². The quantitative estimate of drug-likeness (QED) is 0.919. The average Bonchev–Trinajstić information content (AvgIpc) is 2.47. The van der Waals surface area contributed by atoms with Gasteiger partial charge < -0.3 is 5.11 Å². The molecule has 110 valence electrons. The minimum atomic E-state index is -1.09. The molecule has 1 aromatic carbocycles. The van der Waals surface area contributed by atoms with Gasteiger partial charge in [-0.25, -0.2) is 14.4 Å². The van der Waals surface area contributed by atoms with Gasteiger partial charge in [0, 0.05) is 0 Å². The summed E-state index contributed by atoms with van der Waals surface area (Å²) < 4.78 is 14.3. The van der Waals surface area contributed by atoms with E-state index in [4.69, 9.17) is 0 Å². The Balaban J connectivity index is 2.35. The van der Waals surface area contributed by atoms with Gasteiger partial charge in [-0.05, 0) is 25.3 Å². The summed E-state index contributed by atoms with van der Waals surface area (Å²) in [6.45, 7) is 3.72. The summed E-state index contributed by atoms with van der Waals surface area (Å²) >= 11 is 0. The Morgan fingerprint density at radius 2 is 1.95 bits per heavy atom. The first kappa shape index (κ1) is 15.1. The summed E-state index contributed by atoms with van der Waals surface area (Å²) in [5.41, 5.74) is 2.13. The van der Waals surface area contributed by atoms with Crippen molar-refractivity contribution in [2.24, 2.45) is 0 Å². The zero-order valence-electron chi connectivity index (χ0n) is 12.0. The number of benzene rings is 1. The number of aliphatic carboxylic acids is 1. The fourth-order valence-corrected chi connectivity index (χ4v) is 2.17. The molecule has 1 heterocycles. The normalized spacial score (nSPS) is 12.1. The lowest BCUT2D eigenvalue weighted by molar-refractivity contribution is -0.138. The van der Waals surface area contributed by atoms with Crippen LogP contribution in [0.2, 0.25) is 0 Å². The fourth-order valence-electron chi connectivity index (χ4n) is 2.17. The smallest absolute Gasteiger partial charge is 0.313 e. The second-order valence-corrected chi connectivity index (χ2v) is 4.95.